The van der Waals surface area contributed by atoms with Crippen LogP contribution in [0.2, 0.25) is 0 Å². The van der Waals surface area contributed by atoms with E-state index in [0.29, 0.717) is 18.4 Å². The van der Waals surface area contributed by atoms with E-state index in [1.807, 2.05) is 18.2 Å². The molecule has 1 aromatic rings. The number of carbonyl (C=O) groups is 1. The number of ether oxygens (including phenoxy) is 1. The number of benzene rings is 1. The summed E-state index contributed by atoms with van der Waals surface area (Å²) in [4.78, 5) is 17.2. The maximum atomic E-state index is 12.6. The van der Waals surface area contributed by atoms with Crippen LogP contribution < -0.4 is 0 Å². The Morgan fingerprint density at radius 3 is 2.60 bits per heavy atom. The van der Waals surface area contributed by atoms with Crippen molar-refractivity contribution in [1.82, 2.24) is 9.80 Å². The van der Waals surface area contributed by atoms with Crippen LogP contribution in [0.4, 0.5) is 0 Å². The van der Waals surface area contributed by atoms with Crippen molar-refractivity contribution in [2.75, 3.05) is 33.4 Å². The average Bonchev–Trinajstić information content (AvgIpc) is 2.95. The van der Waals surface area contributed by atoms with Gasteiger partial charge in [-0.25, -0.2) is 0 Å². The second-order valence-electron chi connectivity index (χ2n) is 7.55. The predicted octanol–water partition coefficient (Wildman–Crippen LogP) is 3.11. The molecule has 2 aliphatic heterocycles. The Hall–Kier alpha value is -1.39. The zero-order valence-corrected chi connectivity index (χ0v) is 15.7. The first-order valence-corrected chi connectivity index (χ1v) is 9.77. The molecule has 1 aromatic carbocycles. The summed E-state index contributed by atoms with van der Waals surface area (Å²) in [5, 5.41) is 0. The fourth-order valence-electron chi connectivity index (χ4n) is 4.47. The van der Waals surface area contributed by atoms with Crippen molar-refractivity contribution >= 4 is 5.91 Å². The fraction of sp³-hybridized carbons (Fsp3) is 0.667. The minimum absolute atomic E-state index is 0.290. The van der Waals surface area contributed by atoms with E-state index >= 15 is 0 Å². The van der Waals surface area contributed by atoms with E-state index < -0.39 is 0 Å². The topological polar surface area (TPSA) is 32.8 Å². The fourth-order valence-corrected chi connectivity index (χ4v) is 4.47. The van der Waals surface area contributed by atoms with Crippen LogP contribution in [0.1, 0.15) is 44.6 Å². The molecule has 2 saturated heterocycles. The van der Waals surface area contributed by atoms with E-state index in [9.17, 15) is 4.79 Å². The van der Waals surface area contributed by atoms with Gasteiger partial charge in [0.05, 0.1) is 6.61 Å². The summed E-state index contributed by atoms with van der Waals surface area (Å²) in [7, 11) is 2.25. The normalized spacial score (nSPS) is 23.3. The number of nitrogens with zero attached hydrogens (tertiary/aromatic N) is 2. The van der Waals surface area contributed by atoms with Crippen molar-refractivity contribution in [3.63, 3.8) is 0 Å². The van der Waals surface area contributed by atoms with Gasteiger partial charge in [-0.1, -0.05) is 30.3 Å². The van der Waals surface area contributed by atoms with Crippen LogP contribution in [0.25, 0.3) is 0 Å². The van der Waals surface area contributed by atoms with E-state index in [2.05, 4.69) is 35.9 Å². The molecule has 0 saturated carbocycles. The first-order chi connectivity index (χ1) is 12.1. The van der Waals surface area contributed by atoms with E-state index in [0.717, 1.165) is 45.6 Å². The molecule has 4 nitrogen and oxygen atoms in total. The predicted molar refractivity (Wildman–Crippen MR) is 101 cm³/mol. The minimum atomic E-state index is 0.290. The van der Waals surface area contributed by atoms with Crippen LogP contribution in [0.3, 0.4) is 0 Å². The van der Waals surface area contributed by atoms with Crippen LogP contribution in [-0.2, 0) is 16.0 Å². The van der Waals surface area contributed by atoms with Crippen molar-refractivity contribution < 1.29 is 9.53 Å². The molecule has 0 N–H and O–H groups in total. The van der Waals surface area contributed by atoms with Gasteiger partial charge in [0.15, 0.2) is 0 Å². The molecule has 0 aliphatic carbocycles. The lowest BCUT2D eigenvalue weighted by atomic mass is 9.85. The summed E-state index contributed by atoms with van der Waals surface area (Å²) in [5.74, 6) is 0.310. The molecule has 1 amide bonds. The van der Waals surface area contributed by atoms with Gasteiger partial charge >= 0.3 is 0 Å². The Balaban J connectivity index is 1.47. The standard InChI is InChI=1S/C21H32N2O2/c1-3-25-17-19-11-12-21(22(19)2)13-15-23(16-14-21)20(24)10-9-18-7-5-4-6-8-18/h4-8,19H,3,9-17H2,1-2H3. The first kappa shape index (κ1) is 18.4. The molecule has 2 fully saturated rings. The number of hydrogen-bond acceptors (Lipinski definition) is 3. The quantitative estimate of drug-likeness (QED) is 0.795. The Kier molecular flexibility index (Phi) is 6.13. The highest BCUT2D eigenvalue weighted by molar-refractivity contribution is 5.76. The maximum Gasteiger partial charge on any atom is 0.222 e. The molecule has 4 heteroatoms. The lowest BCUT2D eigenvalue weighted by molar-refractivity contribution is -0.133. The Morgan fingerprint density at radius 2 is 1.92 bits per heavy atom. The first-order valence-electron chi connectivity index (χ1n) is 9.77. The van der Waals surface area contributed by atoms with Crippen molar-refractivity contribution in [1.29, 1.82) is 0 Å². The van der Waals surface area contributed by atoms with Gasteiger partial charge in [-0.2, -0.15) is 0 Å². The molecule has 25 heavy (non-hydrogen) atoms. The molecule has 0 bridgehead atoms. The highest BCUT2D eigenvalue weighted by Gasteiger charge is 2.46. The zero-order valence-electron chi connectivity index (χ0n) is 15.7. The number of likely N-dealkylation sites (N-methyl/N-ethyl adjacent to an activating group) is 1. The van der Waals surface area contributed by atoms with Crippen LogP contribution >= 0.6 is 0 Å². The van der Waals surface area contributed by atoms with E-state index in [4.69, 9.17) is 4.74 Å². The average molecular weight is 344 g/mol. The van der Waals surface area contributed by atoms with Crippen molar-refractivity contribution in [3.8, 4) is 0 Å². The van der Waals surface area contributed by atoms with Gasteiger partial charge in [0, 0.05) is 37.7 Å². The van der Waals surface area contributed by atoms with Crippen LogP contribution in [0.15, 0.2) is 30.3 Å². The minimum Gasteiger partial charge on any atom is -0.380 e. The highest BCUT2D eigenvalue weighted by Crippen LogP contribution is 2.40. The number of piperidine rings is 1. The number of amides is 1. The third kappa shape index (κ3) is 4.24. The number of aryl methyl sites for hydroxylation is 1. The summed E-state index contributed by atoms with van der Waals surface area (Å²) in [6.07, 6.45) is 6.13. The lowest BCUT2D eigenvalue weighted by Crippen LogP contribution is -2.54. The maximum absolute atomic E-state index is 12.6. The van der Waals surface area contributed by atoms with Gasteiger partial charge in [-0.15, -0.1) is 0 Å². The molecule has 0 aromatic heterocycles. The van der Waals surface area contributed by atoms with Crippen LogP contribution in [0, 0.1) is 0 Å². The third-order valence-corrected chi connectivity index (χ3v) is 6.27. The molecule has 2 heterocycles. The van der Waals surface area contributed by atoms with Crippen LogP contribution in [0.5, 0.6) is 0 Å². The Bertz CT molecular complexity index is 552. The zero-order chi connectivity index (χ0) is 17.7. The van der Waals surface area contributed by atoms with E-state index in [1.165, 1.54) is 18.4 Å². The molecule has 1 spiro atoms. The van der Waals surface area contributed by atoms with Crippen LogP contribution in [-0.4, -0.2) is 60.6 Å². The molecular weight excluding hydrogens is 312 g/mol. The summed E-state index contributed by atoms with van der Waals surface area (Å²) < 4.78 is 5.65. The van der Waals surface area contributed by atoms with E-state index in [-0.39, 0.29) is 5.54 Å². The summed E-state index contributed by atoms with van der Waals surface area (Å²) in [5.41, 5.74) is 1.54. The Morgan fingerprint density at radius 1 is 1.20 bits per heavy atom. The number of hydrogen-bond donors (Lipinski definition) is 0. The smallest absolute Gasteiger partial charge is 0.222 e. The molecule has 2 aliphatic rings. The third-order valence-electron chi connectivity index (χ3n) is 6.27. The van der Waals surface area contributed by atoms with Gasteiger partial charge < -0.3 is 9.64 Å². The monoisotopic (exact) mass is 344 g/mol. The largest absolute Gasteiger partial charge is 0.380 e. The summed E-state index contributed by atoms with van der Waals surface area (Å²) >= 11 is 0. The molecular formula is C21H32N2O2. The van der Waals surface area contributed by atoms with Gasteiger partial charge in [0.1, 0.15) is 0 Å². The Labute approximate surface area is 152 Å². The molecule has 0 radical (unpaired) electrons. The van der Waals surface area contributed by atoms with Gasteiger partial charge in [0.25, 0.3) is 0 Å². The summed E-state index contributed by atoms with van der Waals surface area (Å²) in [6, 6.07) is 10.8. The lowest BCUT2D eigenvalue weighted by Gasteiger charge is -2.45. The summed E-state index contributed by atoms with van der Waals surface area (Å²) in [6.45, 7) is 5.50. The SMILES string of the molecule is CCOCC1CCC2(CCN(C(=O)CCc3ccccc3)CC2)N1C. The van der Waals surface area contributed by atoms with Crippen molar-refractivity contribution in [2.45, 2.75) is 57.0 Å². The number of rotatable bonds is 6. The van der Waals surface area contributed by atoms with Crippen molar-refractivity contribution in [3.05, 3.63) is 35.9 Å². The molecule has 1 atom stereocenters. The van der Waals surface area contributed by atoms with Gasteiger partial charge in [-0.3, -0.25) is 9.69 Å². The molecule has 138 valence electrons. The van der Waals surface area contributed by atoms with Gasteiger partial charge in [-0.05, 0) is 51.6 Å². The van der Waals surface area contributed by atoms with Gasteiger partial charge in [0.2, 0.25) is 5.91 Å². The number of likely N-dealkylation sites (tertiary alicyclic amines) is 2. The second kappa shape index (κ2) is 8.33. The van der Waals surface area contributed by atoms with Crippen molar-refractivity contribution in [2.24, 2.45) is 0 Å². The number of carbonyl (C=O) groups excluding carboxylic acids is 1. The molecule has 1 unspecified atom stereocenters. The van der Waals surface area contributed by atoms with E-state index in [1.54, 1.807) is 0 Å². The molecule has 3 rings (SSSR count). The highest BCUT2D eigenvalue weighted by atomic mass is 16.5. The second-order valence-corrected chi connectivity index (χ2v) is 7.55.